The maximum atomic E-state index is 13.7. The number of hydrogen-bond donors (Lipinski definition) is 3. The smallest absolute Gasteiger partial charge is 0.351 e. The lowest BCUT2D eigenvalue weighted by molar-refractivity contribution is -0.158. The monoisotopic (exact) mass is 524 g/mol. The van der Waals surface area contributed by atoms with Gasteiger partial charge in [-0.1, -0.05) is 17.7 Å². The van der Waals surface area contributed by atoms with Crippen LogP contribution < -0.4 is 17.2 Å². The fourth-order valence-corrected chi connectivity index (χ4v) is 5.51. The lowest BCUT2D eigenvalue weighted by Crippen LogP contribution is -2.57. The average molecular weight is 525 g/mol. The van der Waals surface area contributed by atoms with Gasteiger partial charge < -0.3 is 30.8 Å². The molecule has 0 aliphatic carbocycles. The normalized spacial score (nSPS) is 23.7. The van der Waals surface area contributed by atoms with Crippen molar-refractivity contribution in [1.29, 1.82) is 0 Å². The number of rotatable bonds is 7. The Kier molecular flexibility index (Phi) is 7.20. The van der Waals surface area contributed by atoms with Gasteiger partial charge in [0.1, 0.15) is 18.5 Å². The van der Waals surface area contributed by atoms with E-state index in [0.29, 0.717) is 10.1 Å². The molecule has 1 aromatic heterocycles. The number of primary amides is 1. The molecule has 0 saturated carbocycles. The highest BCUT2D eigenvalue weighted by molar-refractivity contribution is 7.92. The number of amides is 1. The van der Waals surface area contributed by atoms with Crippen molar-refractivity contribution in [2.45, 2.75) is 49.0 Å². The maximum absolute atomic E-state index is 13.7. The molecule has 3 rings (SSSR count). The number of aromatic nitrogens is 2. The van der Waals surface area contributed by atoms with E-state index in [0.717, 1.165) is 20.0 Å². The molecule has 0 unspecified atom stereocenters. The number of nitrogen functional groups attached to an aromatic ring is 1. The number of anilines is 1. The van der Waals surface area contributed by atoms with E-state index >= 15 is 0 Å². The summed E-state index contributed by atoms with van der Waals surface area (Å²) in [5.41, 5.74) is 9.99. The molecule has 1 aliphatic heterocycles. The quantitative estimate of drug-likeness (QED) is 0.363. The van der Waals surface area contributed by atoms with Crippen molar-refractivity contribution in [1.82, 2.24) is 9.55 Å². The van der Waals surface area contributed by atoms with Gasteiger partial charge in [-0.3, -0.25) is 19.0 Å². The number of benzene rings is 1. The molecule has 194 valence electrons. The third-order valence-corrected chi connectivity index (χ3v) is 7.69. The molecular weight excluding hydrogens is 500 g/mol. The summed E-state index contributed by atoms with van der Waals surface area (Å²) in [6.07, 6.45) is -4.96. The molecular formula is C21H24N4O10S. The van der Waals surface area contributed by atoms with Gasteiger partial charge in [0.15, 0.2) is 12.3 Å². The zero-order valence-electron chi connectivity index (χ0n) is 19.4. The number of nitrogens with zero attached hydrogens (tertiary/aromatic N) is 2. The number of esters is 2. The molecule has 15 heteroatoms. The van der Waals surface area contributed by atoms with E-state index in [1.807, 2.05) is 0 Å². The van der Waals surface area contributed by atoms with Crippen molar-refractivity contribution < 1.29 is 42.1 Å². The van der Waals surface area contributed by atoms with Gasteiger partial charge >= 0.3 is 17.6 Å². The molecule has 1 fully saturated rings. The molecule has 2 heterocycles. The Labute approximate surface area is 204 Å². The first kappa shape index (κ1) is 26.8. The van der Waals surface area contributed by atoms with Crippen molar-refractivity contribution in [2.24, 2.45) is 5.73 Å². The zero-order valence-corrected chi connectivity index (χ0v) is 20.2. The van der Waals surface area contributed by atoms with Crippen LogP contribution in [0.3, 0.4) is 0 Å². The minimum Gasteiger partial charge on any atom is -0.463 e. The van der Waals surface area contributed by atoms with E-state index in [9.17, 15) is 32.7 Å². The summed E-state index contributed by atoms with van der Waals surface area (Å²) in [7, 11) is -4.83. The number of sulfone groups is 1. The molecule has 14 nitrogen and oxygen atoms in total. The maximum Gasteiger partial charge on any atom is 0.351 e. The number of carbonyl (C=O) groups excluding carboxylic acids is 3. The van der Waals surface area contributed by atoms with Gasteiger partial charge in [-0.25, -0.2) is 13.2 Å². The van der Waals surface area contributed by atoms with E-state index in [1.165, 1.54) is 24.3 Å². The van der Waals surface area contributed by atoms with Crippen LogP contribution in [0.15, 0.2) is 40.2 Å². The van der Waals surface area contributed by atoms with E-state index in [-0.39, 0.29) is 4.90 Å². The second-order valence-electron chi connectivity index (χ2n) is 8.01. The van der Waals surface area contributed by atoms with Gasteiger partial charge in [0, 0.05) is 20.0 Å². The van der Waals surface area contributed by atoms with Crippen molar-refractivity contribution >= 4 is 33.5 Å². The average Bonchev–Trinajstić information content (AvgIpc) is 3.05. The van der Waals surface area contributed by atoms with E-state index in [2.05, 4.69) is 4.98 Å². The standard InChI is InChI=1S/C21H24N4O10S/c1-10-4-6-13(7-5-10)36(31,32)21(30)15(9-33-11(2)26)35-19(16(21)34-12(3)27)25-8-14(18(23)28)17(22)24-20(25)29/h4-8,15-16,19,30H,9H2,1-3H3,(H2,23,28)(H2,22,24,29)/t15-,16+,19-,21-/m1/s1. The summed E-state index contributed by atoms with van der Waals surface area (Å²) in [5.74, 6) is -3.45. The molecule has 1 aromatic carbocycles. The first-order chi connectivity index (χ1) is 16.7. The Balaban J connectivity index is 2.27. The summed E-state index contributed by atoms with van der Waals surface area (Å²) in [5, 5.41) is 11.7. The molecule has 4 atom stereocenters. The Morgan fingerprint density at radius 1 is 1.19 bits per heavy atom. The van der Waals surface area contributed by atoms with Crippen LogP contribution in [0.4, 0.5) is 5.82 Å². The number of carbonyl (C=O) groups is 3. The second-order valence-corrected chi connectivity index (χ2v) is 10.1. The predicted molar refractivity (Wildman–Crippen MR) is 121 cm³/mol. The molecule has 1 amide bonds. The van der Waals surface area contributed by atoms with Crippen LogP contribution in [0.25, 0.3) is 0 Å². The van der Waals surface area contributed by atoms with Gasteiger partial charge in [-0.05, 0) is 19.1 Å². The summed E-state index contributed by atoms with van der Waals surface area (Å²) in [6, 6.07) is 5.37. The minimum atomic E-state index is -4.83. The number of nitrogens with two attached hydrogens (primary N) is 2. The highest BCUT2D eigenvalue weighted by atomic mass is 32.2. The third kappa shape index (κ3) is 4.67. The van der Waals surface area contributed by atoms with Crippen LogP contribution in [-0.2, 0) is 33.6 Å². The number of aliphatic hydroxyl groups is 1. The highest BCUT2D eigenvalue weighted by Gasteiger charge is 2.67. The largest absolute Gasteiger partial charge is 0.463 e. The van der Waals surface area contributed by atoms with Gasteiger partial charge in [0.2, 0.25) is 14.8 Å². The number of aryl methyl sites for hydroxylation is 1. The molecule has 0 radical (unpaired) electrons. The minimum absolute atomic E-state index is 0.370. The SMILES string of the molecule is CC(=O)OC[C@H]1O[C@@H](n2cc(C(N)=O)c(N)nc2=O)[C@H](OC(C)=O)[C@]1(O)S(=O)(=O)c1ccc(C)cc1. The molecule has 2 aromatic rings. The third-order valence-electron chi connectivity index (χ3n) is 5.45. The van der Waals surface area contributed by atoms with Crippen molar-refractivity contribution in [3.8, 4) is 0 Å². The first-order valence-electron chi connectivity index (χ1n) is 10.4. The van der Waals surface area contributed by atoms with Crippen LogP contribution in [0.2, 0.25) is 0 Å². The van der Waals surface area contributed by atoms with E-state index in [4.69, 9.17) is 25.7 Å². The van der Waals surface area contributed by atoms with Crippen LogP contribution in [0.1, 0.15) is 36.0 Å². The van der Waals surface area contributed by atoms with Crippen molar-refractivity contribution in [3.63, 3.8) is 0 Å². The second kappa shape index (κ2) is 9.67. The van der Waals surface area contributed by atoms with E-state index in [1.54, 1.807) is 6.92 Å². The summed E-state index contributed by atoms with van der Waals surface area (Å²) in [4.78, 5) is 47.9. The molecule has 0 bridgehead atoms. The van der Waals surface area contributed by atoms with E-state index < -0.39 is 74.7 Å². The van der Waals surface area contributed by atoms with Gasteiger partial charge in [0.25, 0.3) is 5.91 Å². The molecule has 1 saturated heterocycles. The Bertz CT molecular complexity index is 1370. The Morgan fingerprint density at radius 3 is 2.33 bits per heavy atom. The van der Waals surface area contributed by atoms with Gasteiger partial charge in [-0.15, -0.1) is 0 Å². The van der Waals surface area contributed by atoms with Crippen molar-refractivity contribution in [2.75, 3.05) is 12.3 Å². The highest BCUT2D eigenvalue weighted by Crippen LogP contribution is 2.45. The molecule has 1 aliphatic rings. The summed E-state index contributed by atoms with van der Waals surface area (Å²) >= 11 is 0. The molecule has 0 spiro atoms. The topological polar surface area (TPSA) is 220 Å². The van der Waals surface area contributed by atoms with Gasteiger partial charge in [0.05, 0.1) is 10.5 Å². The lowest BCUT2D eigenvalue weighted by atomic mass is 10.1. The number of hydrogen-bond acceptors (Lipinski definition) is 12. The number of ether oxygens (including phenoxy) is 3. The predicted octanol–water partition coefficient (Wildman–Crippen LogP) is -1.21. The lowest BCUT2D eigenvalue weighted by Gasteiger charge is -2.32. The van der Waals surface area contributed by atoms with Crippen LogP contribution in [-0.4, -0.2) is 64.7 Å². The van der Waals surface area contributed by atoms with Gasteiger partial charge in [-0.2, -0.15) is 4.98 Å². The first-order valence-corrected chi connectivity index (χ1v) is 11.9. The van der Waals surface area contributed by atoms with Crippen LogP contribution >= 0.6 is 0 Å². The van der Waals surface area contributed by atoms with Crippen LogP contribution in [0, 0.1) is 6.92 Å². The zero-order chi connectivity index (χ0) is 27.0. The molecule has 36 heavy (non-hydrogen) atoms. The van der Waals surface area contributed by atoms with Crippen LogP contribution in [0.5, 0.6) is 0 Å². The Hall–Kier alpha value is -3.82. The Morgan fingerprint density at radius 2 is 1.81 bits per heavy atom. The van der Waals surface area contributed by atoms with Crippen molar-refractivity contribution in [3.05, 3.63) is 52.1 Å². The summed E-state index contributed by atoms with van der Waals surface area (Å²) < 4.78 is 43.8. The fraction of sp³-hybridized carbons (Fsp3) is 0.381. The fourth-order valence-electron chi connectivity index (χ4n) is 3.70. The molecule has 5 N–H and O–H groups in total. The summed E-state index contributed by atoms with van der Waals surface area (Å²) in [6.45, 7) is 2.89.